The number of rotatable bonds is 4. The molecule has 1 aliphatic rings. The van der Waals surface area contributed by atoms with Crippen molar-refractivity contribution in [2.24, 2.45) is 0 Å². The molecule has 0 unspecified atom stereocenters. The predicted octanol–water partition coefficient (Wildman–Crippen LogP) is 3.20. The SMILES string of the molecule is O=C(O)Cn1nc(C2CC2)c2c(-c3ccc(F)cc3)ccnc21. The summed E-state index contributed by atoms with van der Waals surface area (Å²) < 4.78 is 14.6. The largest absolute Gasteiger partial charge is 0.480 e. The van der Waals surface area contributed by atoms with Crippen LogP contribution in [0.1, 0.15) is 24.5 Å². The first-order chi connectivity index (χ1) is 11.1. The fourth-order valence-corrected chi connectivity index (χ4v) is 2.88. The number of pyridine rings is 1. The summed E-state index contributed by atoms with van der Waals surface area (Å²) >= 11 is 0. The van der Waals surface area contributed by atoms with Crippen LogP contribution in [-0.2, 0) is 11.3 Å². The van der Waals surface area contributed by atoms with Crippen molar-refractivity contribution in [2.75, 3.05) is 0 Å². The molecule has 0 spiro atoms. The van der Waals surface area contributed by atoms with E-state index in [-0.39, 0.29) is 12.4 Å². The maximum atomic E-state index is 13.2. The topological polar surface area (TPSA) is 68.0 Å². The minimum absolute atomic E-state index is 0.219. The second-order valence-electron chi connectivity index (χ2n) is 5.77. The third-order valence-corrected chi connectivity index (χ3v) is 4.06. The van der Waals surface area contributed by atoms with Crippen molar-refractivity contribution in [2.45, 2.75) is 25.3 Å². The van der Waals surface area contributed by atoms with Crippen molar-refractivity contribution >= 4 is 17.0 Å². The molecule has 1 aliphatic carbocycles. The molecule has 1 fully saturated rings. The third kappa shape index (κ3) is 2.46. The minimum Gasteiger partial charge on any atom is -0.480 e. The number of benzene rings is 1. The third-order valence-electron chi connectivity index (χ3n) is 4.06. The van der Waals surface area contributed by atoms with E-state index >= 15 is 0 Å². The molecule has 4 rings (SSSR count). The monoisotopic (exact) mass is 311 g/mol. The minimum atomic E-state index is -0.953. The van der Waals surface area contributed by atoms with E-state index in [1.165, 1.54) is 16.8 Å². The number of nitrogens with zero attached hydrogens (tertiary/aromatic N) is 3. The Balaban J connectivity index is 1.96. The maximum Gasteiger partial charge on any atom is 0.325 e. The highest BCUT2D eigenvalue weighted by molar-refractivity contribution is 5.95. The Morgan fingerprint density at radius 1 is 1.26 bits per heavy atom. The predicted molar refractivity (Wildman–Crippen MR) is 82.5 cm³/mol. The second kappa shape index (κ2) is 5.15. The molecule has 1 N–H and O–H groups in total. The standard InChI is InChI=1S/C17H14FN3O2/c18-12-5-3-10(4-6-12)13-7-8-19-17-15(13)16(11-1-2-11)20-21(17)9-14(22)23/h3-8,11H,1-2,9H2,(H,22,23). The number of carboxylic acid groups (broad SMARTS) is 1. The zero-order valence-corrected chi connectivity index (χ0v) is 12.2. The summed E-state index contributed by atoms with van der Waals surface area (Å²) in [6.45, 7) is -0.219. The summed E-state index contributed by atoms with van der Waals surface area (Å²) in [5, 5.41) is 14.4. The lowest BCUT2D eigenvalue weighted by Gasteiger charge is -2.05. The van der Waals surface area contributed by atoms with Crippen molar-refractivity contribution in [3.05, 3.63) is 48.0 Å². The highest BCUT2D eigenvalue weighted by atomic mass is 19.1. The van der Waals surface area contributed by atoms with Crippen LogP contribution in [0.2, 0.25) is 0 Å². The van der Waals surface area contributed by atoms with E-state index in [0.29, 0.717) is 11.6 Å². The van der Waals surface area contributed by atoms with Gasteiger partial charge in [0.15, 0.2) is 5.65 Å². The van der Waals surface area contributed by atoms with Gasteiger partial charge < -0.3 is 5.11 Å². The van der Waals surface area contributed by atoms with Crippen molar-refractivity contribution in [3.8, 4) is 11.1 Å². The van der Waals surface area contributed by atoms with E-state index in [2.05, 4.69) is 10.1 Å². The fraction of sp³-hybridized carbons (Fsp3) is 0.235. The summed E-state index contributed by atoms with van der Waals surface area (Å²) in [6, 6.07) is 8.14. The van der Waals surface area contributed by atoms with E-state index in [1.54, 1.807) is 18.3 Å². The lowest BCUT2D eigenvalue weighted by molar-refractivity contribution is -0.137. The van der Waals surface area contributed by atoms with Gasteiger partial charge in [-0.3, -0.25) is 4.79 Å². The van der Waals surface area contributed by atoms with Gasteiger partial charge >= 0.3 is 5.97 Å². The van der Waals surface area contributed by atoms with Crippen LogP contribution >= 0.6 is 0 Å². The number of fused-ring (bicyclic) bond motifs is 1. The quantitative estimate of drug-likeness (QED) is 0.803. The van der Waals surface area contributed by atoms with E-state index < -0.39 is 5.97 Å². The van der Waals surface area contributed by atoms with E-state index in [4.69, 9.17) is 5.11 Å². The van der Waals surface area contributed by atoms with Crippen molar-refractivity contribution in [1.82, 2.24) is 14.8 Å². The lowest BCUT2D eigenvalue weighted by Crippen LogP contribution is -2.10. The number of hydrogen-bond donors (Lipinski definition) is 1. The Morgan fingerprint density at radius 2 is 2.00 bits per heavy atom. The van der Waals surface area contributed by atoms with Crippen LogP contribution < -0.4 is 0 Å². The van der Waals surface area contributed by atoms with Crippen LogP contribution in [0, 0.1) is 5.82 Å². The Morgan fingerprint density at radius 3 is 2.65 bits per heavy atom. The van der Waals surface area contributed by atoms with Gasteiger partial charge in [-0.15, -0.1) is 0 Å². The molecule has 0 atom stereocenters. The Hall–Kier alpha value is -2.76. The molecule has 0 bridgehead atoms. The number of hydrogen-bond acceptors (Lipinski definition) is 3. The normalized spacial score (nSPS) is 14.3. The summed E-state index contributed by atoms with van der Waals surface area (Å²) in [4.78, 5) is 15.4. The van der Waals surface area contributed by atoms with Crippen LogP contribution in [0.4, 0.5) is 4.39 Å². The van der Waals surface area contributed by atoms with Gasteiger partial charge in [-0.25, -0.2) is 14.1 Å². The summed E-state index contributed by atoms with van der Waals surface area (Å²) in [7, 11) is 0. The smallest absolute Gasteiger partial charge is 0.325 e. The number of aromatic nitrogens is 3. The highest BCUT2D eigenvalue weighted by Crippen LogP contribution is 2.44. The van der Waals surface area contributed by atoms with Crippen molar-refractivity contribution in [1.29, 1.82) is 0 Å². The number of carbonyl (C=O) groups is 1. The van der Waals surface area contributed by atoms with Crippen LogP contribution in [0.5, 0.6) is 0 Å². The van der Waals surface area contributed by atoms with Gasteiger partial charge in [-0.2, -0.15) is 5.10 Å². The molecule has 6 heteroatoms. The molecule has 0 radical (unpaired) electrons. The zero-order chi connectivity index (χ0) is 16.0. The number of aliphatic carboxylic acids is 1. The van der Waals surface area contributed by atoms with Crippen LogP contribution in [-0.4, -0.2) is 25.8 Å². The van der Waals surface area contributed by atoms with E-state index in [9.17, 15) is 9.18 Å². The molecule has 2 aromatic heterocycles. The molecule has 23 heavy (non-hydrogen) atoms. The molecular weight excluding hydrogens is 297 g/mol. The summed E-state index contributed by atoms with van der Waals surface area (Å²) in [6.07, 6.45) is 3.74. The number of halogens is 1. The maximum absolute atomic E-state index is 13.2. The first-order valence-corrected chi connectivity index (χ1v) is 7.46. The highest BCUT2D eigenvalue weighted by Gasteiger charge is 2.31. The van der Waals surface area contributed by atoms with Crippen LogP contribution in [0.15, 0.2) is 36.5 Å². The first-order valence-electron chi connectivity index (χ1n) is 7.46. The van der Waals surface area contributed by atoms with Crippen molar-refractivity contribution in [3.63, 3.8) is 0 Å². The van der Waals surface area contributed by atoms with Gasteiger partial charge in [-0.05, 0) is 42.2 Å². The average Bonchev–Trinajstić information content (AvgIpc) is 3.31. The Labute approximate surface area is 131 Å². The number of carboxylic acids is 1. The Bertz CT molecular complexity index is 898. The van der Waals surface area contributed by atoms with Gasteiger partial charge in [0, 0.05) is 12.1 Å². The molecule has 1 aromatic carbocycles. The zero-order valence-electron chi connectivity index (χ0n) is 12.2. The summed E-state index contributed by atoms with van der Waals surface area (Å²) in [5.74, 6) is -0.885. The summed E-state index contributed by atoms with van der Waals surface area (Å²) in [5.41, 5.74) is 3.24. The average molecular weight is 311 g/mol. The Kier molecular flexibility index (Phi) is 3.11. The van der Waals surface area contributed by atoms with Gasteiger partial charge in [0.25, 0.3) is 0 Å². The van der Waals surface area contributed by atoms with Gasteiger partial charge in [0.05, 0.1) is 11.1 Å². The lowest BCUT2D eigenvalue weighted by atomic mass is 10.0. The van der Waals surface area contributed by atoms with Crippen LogP contribution in [0.3, 0.4) is 0 Å². The molecule has 1 saturated carbocycles. The van der Waals surface area contributed by atoms with Gasteiger partial charge in [-0.1, -0.05) is 12.1 Å². The van der Waals surface area contributed by atoms with E-state index in [0.717, 1.165) is 35.0 Å². The van der Waals surface area contributed by atoms with E-state index in [1.807, 2.05) is 6.07 Å². The van der Waals surface area contributed by atoms with Gasteiger partial charge in [0.2, 0.25) is 0 Å². The first kappa shape index (κ1) is 13.9. The molecule has 3 aromatic rings. The molecule has 0 amide bonds. The molecule has 5 nitrogen and oxygen atoms in total. The van der Waals surface area contributed by atoms with Gasteiger partial charge in [0.1, 0.15) is 12.4 Å². The molecule has 116 valence electrons. The molecule has 0 saturated heterocycles. The van der Waals surface area contributed by atoms with Crippen LogP contribution in [0.25, 0.3) is 22.2 Å². The van der Waals surface area contributed by atoms with Crippen molar-refractivity contribution < 1.29 is 14.3 Å². The molecule has 2 heterocycles. The fourth-order valence-electron chi connectivity index (χ4n) is 2.88. The second-order valence-corrected chi connectivity index (χ2v) is 5.77. The molecular formula is C17H14FN3O2. The molecule has 0 aliphatic heterocycles.